The Morgan fingerprint density at radius 2 is 1.75 bits per heavy atom. The summed E-state index contributed by atoms with van der Waals surface area (Å²) in [6, 6.07) is 0. The fourth-order valence-electron chi connectivity index (χ4n) is 1.68. The summed E-state index contributed by atoms with van der Waals surface area (Å²) >= 11 is 0. The minimum absolute atomic E-state index is 0.586. The number of hydrogen-bond acceptors (Lipinski definition) is 4. The molecule has 0 aromatic heterocycles. The van der Waals surface area contributed by atoms with E-state index in [9.17, 15) is 0 Å². The third kappa shape index (κ3) is 3.03. The van der Waals surface area contributed by atoms with E-state index in [1.807, 2.05) is 13.0 Å². The Hall–Kier alpha value is -1.42. The van der Waals surface area contributed by atoms with Crippen LogP contribution in [0.4, 0.5) is 0 Å². The number of allylic oxidation sites excluding steroid dienone is 2. The molecule has 0 aliphatic carbocycles. The lowest BCUT2D eigenvalue weighted by molar-refractivity contribution is 0.189. The van der Waals surface area contributed by atoms with Crippen LogP contribution in [0.1, 0.15) is 6.92 Å². The normalized spacial score (nSPS) is 20.0. The molecule has 0 aromatic carbocycles. The smallest absolute Gasteiger partial charge is 0.0779 e. The summed E-state index contributed by atoms with van der Waals surface area (Å²) in [7, 11) is 2.12. The number of likely N-dealkylation sites (N-methyl/N-ethyl adjacent to an activating group) is 1. The highest BCUT2D eigenvalue weighted by Gasteiger charge is 2.16. The van der Waals surface area contributed by atoms with E-state index in [1.54, 1.807) is 6.08 Å². The van der Waals surface area contributed by atoms with Crippen LogP contribution < -0.4 is 11.5 Å². The average molecular weight is 222 g/mol. The zero-order chi connectivity index (χ0) is 12.1. The number of rotatable bonds is 3. The average Bonchev–Trinajstić information content (AvgIpc) is 2.28. The van der Waals surface area contributed by atoms with Crippen molar-refractivity contribution in [1.29, 1.82) is 0 Å². The van der Waals surface area contributed by atoms with Gasteiger partial charge in [0.15, 0.2) is 0 Å². The minimum atomic E-state index is 0.586. The second kappa shape index (κ2) is 5.61. The standard InChI is InChI=1S/C12H22N4/c1-4-5-11(13)12(14)10(2)16-8-6-15(3)7-9-16/h4-5H,2,6-9,13-14H2,1,3H3/b5-4-,12-11-. The maximum Gasteiger partial charge on any atom is 0.0779 e. The van der Waals surface area contributed by atoms with Gasteiger partial charge in [-0.2, -0.15) is 0 Å². The van der Waals surface area contributed by atoms with Crippen LogP contribution in [0.25, 0.3) is 0 Å². The number of nitrogens with zero attached hydrogens (tertiary/aromatic N) is 2. The summed E-state index contributed by atoms with van der Waals surface area (Å²) in [4.78, 5) is 4.48. The summed E-state index contributed by atoms with van der Waals surface area (Å²) in [5, 5.41) is 0. The molecule has 1 fully saturated rings. The first-order valence-electron chi connectivity index (χ1n) is 5.57. The molecule has 4 nitrogen and oxygen atoms in total. The fraction of sp³-hybridized carbons (Fsp3) is 0.500. The predicted octanol–water partition coefficient (Wildman–Crippen LogP) is 0.453. The summed E-state index contributed by atoms with van der Waals surface area (Å²) in [6.45, 7) is 9.92. The monoisotopic (exact) mass is 222 g/mol. The Morgan fingerprint density at radius 1 is 1.19 bits per heavy atom. The fourth-order valence-corrected chi connectivity index (χ4v) is 1.68. The van der Waals surface area contributed by atoms with Gasteiger partial charge in [0.05, 0.1) is 17.1 Å². The van der Waals surface area contributed by atoms with Gasteiger partial charge in [0, 0.05) is 26.2 Å². The van der Waals surface area contributed by atoms with E-state index in [0.29, 0.717) is 11.4 Å². The maximum atomic E-state index is 5.96. The first-order chi connectivity index (χ1) is 7.56. The Kier molecular flexibility index (Phi) is 4.43. The second-order valence-corrected chi connectivity index (χ2v) is 4.11. The van der Waals surface area contributed by atoms with E-state index in [1.165, 1.54) is 0 Å². The molecular weight excluding hydrogens is 200 g/mol. The summed E-state index contributed by atoms with van der Waals surface area (Å²) in [5.41, 5.74) is 13.8. The van der Waals surface area contributed by atoms with Crippen LogP contribution in [-0.2, 0) is 0 Å². The van der Waals surface area contributed by atoms with Gasteiger partial charge in [-0.15, -0.1) is 0 Å². The van der Waals surface area contributed by atoms with Crippen molar-refractivity contribution in [3.63, 3.8) is 0 Å². The molecule has 1 rings (SSSR count). The molecule has 1 heterocycles. The van der Waals surface area contributed by atoms with E-state index in [2.05, 4.69) is 23.4 Å². The summed E-state index contributed by atoms with van der Waals surface area (Å²) in [5.74, 6) is 0. The Balaban J connectivity index is 2.67. The first-order valence-corrected chi connectivity index (χ1v) is 5.57. The molecule has 1 aliphatic heterocycles. The Morgan fingerprint density at radius 3 is 2.25 bits per heavy atom. The zero-order valence-electron chi connectivity index (χ0n) is 10.2. The molecule has 1 saturated heterocycles. The van der Waals surface area contributed by atoms with Crippen molar-refractivity contribution < 1.29 is 0 Å². The van der Waals surface area contributed by atoms with E-state index in [-0.39, 0.29) is 0 Å². The molecule has 0 bridgehead atoms. The molecule has 0 unspecified atom stereocenters. The van der Waals surface area contributed by atoms with Gasteiger partial charge < -0.3 is 21.3 Å². The van der Waals surface area contributed by atoms with Gasteiger partial charge in [-0.05, 0) is 20.0 Å². The highest BCUT2D eigenvalue weighted by atomic mass is 15.3. The van der Waals surface area contributed by atoms with Crippen molar-refractivity contribution in [3.05, 3.63) is 35.8 Å². The first kappa shape index (κ1) is 12.6. The second-order valence-electron chi connectivity index (χ2n) is 4.11. The number of nitrogens with two attached hydrogens (primary N) is 2. The van der Waals surface area contributed by atoms with Crippen LogP contribution in [0.2, 0.25) is 0 Å². The SMILES string of the molecule is C=C(/C(N)=C(N)\C=C/C)N1CCN(C)CC1. The maximum absolute atomic E-state index is 5.96. The number of piperazine rings is 1. The van der Waals surface area contributed by atoms with Crippen LogP contribution in [0.3, 0.4) is 0 Å². The van der Waals surface area contributed by atoms with Gasteiger partial charge in [0.2, 0.25) is 0 Å². The Bertz CT molecular complexity index is 309. The third-order valence-electron chi connectivity index (χ3n) is 2.85. The molecule has 0 spiro atoms. The molecule has 4 heteroatoms. The quantitative estimate of drug-likeness (QED) is 0.681. The highest BCUT2D eigenvalue weighted by Crippen LogP contribution is 2.13. The zero-order valence-corrected chi connectivity index (χ0v) is 10.2. The van der Waals surface area contributed by atoms with Gasteiger partial charge >= 0.3 is 0 Å². The van der Waals surface area contributed by atoms with E-state index in [4.69, 9.17) is 11.5 Å². The summed E-state index contributed by atoms with van der Waals surface area (Å²) in [6.07, 6.45) is 3.68. The summed E-state index contributed by atoms with van der Waals surface area (Å²) < 4.78 is 0. The molecule has 90 valence electrons. The van der Waals surface area contributed by atoms with Crippen LogP contribution >= 0.6 is 0 Å². The van der Waals surface area contributed by atoms with Crippen LogP contribution in [0.5, 0.6) is 0 Å². The molecule has 0 amide bonds. The lowest BCUT2D eigenvalue weighted by atomic mass is 10.2. The van der Waals surface area contributed by atoms with Gasteiger partial charge in [-0.3, -0.25) is 0 Å². The predicted molar refractivity (Wildman–Crippen MR) is 68.4 cm³/mol. The highest BCUT2D eigenvalue weighted by molar-refractivity contribution is 5.34. The van der Waals surface area contributed by atoms with E-state index in [0.717, 1.165) is 31.9 Å². The molecule has 0 radical (unpaired) electrons. The van der Waals surface area contributed by atoms with Crippen molar-refractivity contribution in [1.82, 2.24) is 9.80 Å². The van der Waals surface area contributed by atoms with Gasteiger partial charge in [0.1, 0.15) is 0 Å². The van der Waals surface area contributed by atoms with Gasteiger partial charge in [-0.1, -0.05) is 12.7 Å². The largest absolute Gasteiger partial charge is 0.397 e. The van der Waals surface area contributed by atoms with Crippen molar-refractivity contribution in [2.45, 2.75) is 6.92 Å². The van der Waals surface area contributed by atoms with Crippen LogP contribution in [0, 0.1) is 0 Å². The van der Waals surface area contributed by atoms with Crippen molar-refractivity contribution in [2.24, 2.45) is 11.5 Å². The van der Waals surface area contributed by atoms with E-state index >= 15 is 0 Å². The molecule has 0 aromatic rings. The van der Waals surface area contributed by atoms with Crippen molar-refractivity contribution in [2.75, 3.05) is 33.2 Å². The molecule has 16 heavy (non-hydrogen) atoms. The number of hydrogen-bond donors (Lipinski definition) is 2. The van der Waals surface area contributed by atoms with Crippen LogP contribution in [0.15, 0.2) is 35.8 Å². The molecular formula is C12H22N4. The minimum Gasteiger partial charge on any atom is -0.397 e. The lowest BCUT2D eigenvalue weighted by Gasteiger charge is -2.35. The van der Waals surface area contributed by atoms with Gasteiger partial charge in [0.25, 0.3) is 0 Å². The van der Waals surface area contributed by atoms with E-state index < -0.39 is 0 Å². The van der Waals surface area contributed by atoms with Gasteiger partial charge in [-0.25, -0.2) is 0 Å². The molecule has 4 N–H and O–H groups in total. The molecule has 0 atom stereocenters. The van der Waals surface area contributed by atoms with Crippen LogP contribution in [-0.4, -0.2) is 43.0 Å². The Labute approximate surface area is 97.9 Å². The molecule has 1 aliphatic rings. The molecule has 0 saturated carbocycles. The topological polar surface area (TPSA) is 58.5 Å². The third-order valence-corrected chi connectivity index (χ3v) is 2.85. The van der Waals surface area contributed by atoms with Crippen molar-refractivity contribution >= 4 is 0 Å². The van der Waals surface area contributed by atoms with Crippen molar-refractivity contribution in [3.8, 4) is 0 Å². The lowest BCUT2D eigenvalue weighted by Crippen LogP contribution is -2.44.